The van der Waals surface area contributed by atoms with Crippen LogP contribution in [0.2, 0.25) is 0 Å². The summed E-state index contributed by atoms with van der Waals surface area (Å²) in [5, 5.41) is 13.5. The molecular weight excluding hydrogens is 284 g/mol. The lowest BCUT2D eigenvalue weighted by atomic mass is 10.3. The van der Waals surface area contributed by atoms with Crippen LogP contribution >= 0.6 is 0 Å². The molecule has 2 heterocycles. The monoisotopic (exact) mass is 296 g/mol. The summed E-state index contributed by atoms with van der Waals surface area (Å²) in [6.07, 6.45) is 4.95. The average molecular weight is 296 g/mol. The first-order valence-electron chi connectivity index (χ1n) is 5.69. The van der Waals surface area contributed by atoms with Gasteiger partial charge < -0.3 is 9.66 Å². The van der Waals surface area contributed by atoms with Crippen molar-refractivity contribution in [2.45, 2.75) is 12.6 Å². The molecule has 0 spiro atoms. The van der Waals surface area contributed by atoms with Gasteiger partial charge in [0.05, 0.1) is 15.9 Å². The maximum atomic E-state index is 10.5. The zero-order valence-electron chi connectivity index (χ0n) is 10.3. The molecule has 2 aromatic heterocycles. The van der Waals surface area contributed by atoms with Gasteiger partial charge in [-0.3, -0.25) is 0 Å². The van der Waals surface area contributed by atoms with E-state index in [0.29, 0.717) is 11.4 Å². The summed E-state index contributed by atoms with van der Waals surface area (Å²) in [6, 6.07) is 3.38. The summed E-state index contributed by atoms with van der Waals surface area (Å²) in [7, 11) is -4.46. The van der Waals surface area contributed by atoms with Crippen molar-refractivity contribution in [2.24, 2.45) is 0 Å². The molecule has 8 nitrogen and oxygen atoms in total. The Hall–Kier alpha value is -1.97. The van der Waals surface area contributed by atoms with Gasteiger partial charge in [-0.25, -0.2) is 18.4 Å². The maximum absolute atomic E-state index is 10.5. The summed E-state index contributed by atoms with van der Waals surface area (Å²) in [6.45, 7) is -0.0859. The molecule has 20 heavy (non-hydrogen) atoms. The van der Waals surface area contributed by atoms with Gasteiger partial charge in [-0.2, -0.15) is 0 Å². The Labute approximate surface area is 115 Å². The molecule has 0 aliphatic heterocycles. The van der Waals surface area contributed by atoms with Gasteiger partial charge in [0.1, 0.15) is 12.3 Å². The van der Waals surface area contributed by atoms with E-state index in [1.54, 1.807) is 30.7 Å². The van der Waals surface area contributed by atoms with Crippen molar-refractivity contribution in [3.63, 3.8) is 0 Å². The average Bonchev–Trinajstić information content (AvgIpc) is 2.38. The summed E-state index contributed by atoms with van der Waals surface area (Å²) >= 11 is 0. The van der Waals surface area contributed by atoms with Gasteiger partial charge in [-0.15, -0.1) is 0 Å². The highest BCUT2D eigenvalue weighted by Crippen LogP contribution is 2.09. The highest BCUT2D eigenvalue weighted by atomic mass is 32.2. The van der Waals surface area contributed by atoms with E-state index in [1.165, 1.54) is 10.9 Å². The van der Waals surface area contributed by atoms with E-state index in [2.05, 4.69) is 15.1 Å². The second kappa shape index (κ2) is 5.99. The first-order chi connectivity index (χ1) is 9.44. The van der Waals surface area contributed by atoms with Crippen LogP contribution in [0, 0.1) is 0 Å². The second-order valence-electron chi connectivity index (χ2n) is 4.09. The van der Waals surface area contributed by atoms with E-state index < -0.39 is 22.0 Å². The topological polar surface area (TPSA) is 120 Å². The number of hydrogen-bond acceptors (Lipinski definition) is 7. The van der Waals surface area contributed by atoms with Gasteiger partial charge in [0.2, 0.25) is 6.54 Å². The lowest BCUT2D eigenvalue weighted by molar-refractivity contribution is -0.758. The van der Waals surface area contributed by atoms with Gasteiger partial charge in [0.25, 0.3) is 0 Å². The van der Waals surface area contributed by atoms with Crippen molar-refractivity contribution in [1.29, 1.82) is 0 Å². The second-order valence-corrected chi connectivity index (χ2v) is 5.54. The van der Waals surface area contributed by atoms with Gasteiger partial charge in [0.15, 0.2) is 12.0 Å². The van der Waals surface area contributed by atoms with Crippen LogP contribution in [-0.2, 0) is 16.7 Å². The molecule has 0 amide bonds. The first-order valence-corrected chi connectivity index (χ1v) is 7.26. The van der Waals surface area contributed by atoms with Crippen LogP contribution in [0.1, 0.15) is 0 Å². The van der Waals surface area contributed by atoms with Gasteiger partial charge in [-0.1, -0.05) is 4.68 Å². The highest BCUT2D eigenvalue weighted by molar-refractivity contribution is 7.85. The third-order valence-electron chi connectivity index (χ3n) is 2.39. The van der Waals surface area contributed by atoms with E-state index in [0.717, 1.165) is 0 Å². The standard InChI is InChI=1S/C11H12N4O4S/c16-10(8-20(17,18)19)7-15-5-2-9(6-14-15)11-12-3-1-4-13-11/h1-6,10,16H,7-8H2. The first kappa shape index (κ1) is 14.4. The lowest BCUT2D eigenvalue weighted by Crippen LogP contribution is -2.44. The predicted molar refractivity (Wildman–Crippen MR) is 66.0 cm³/mol. The summed E-state index contributed by atoms with van der Waals surface area (Å²) < 4.78 is 32.9. The number of rotatable bonds is 5. The molecule has 9 heteroatoms. The van der Waals surface area contributed by atoms with Crippen molar-refractivity contribution >= 4 is 10.1 Å². The minimum Gasteiger partial charge on any atom is -0.748 e. The van der Waals surface area contributed by atoms with Crippen molar-refractivity contribution in [1.82, 2.24) is 15.1 Å². The molecule has 0 aromatic carbocycles. The molecular formula is C11H12N4O4S. The highest BCUT2D eigenvalue weighted by Gasteiger charge is 2.16. The van der Waals surface area contributed by atoms with Gasteiger partial charge >= 0.3 is 0 Å². The van der Waals surface area contributed by atoms with Crippen LogP contribution in [0.5, 0.6) is 0 Å². The Bertz CT molecular complexity index is 661. The zero-order valence-corrected chi connectivity index (χ0v) is 11.1. The van der Waals surface area contributed by atoms with Crippen molar-refractivity contribution in [3.05, 3.63) is 36.9 Å². The fraction of sp³-hybridized carbons (Fsp3) is 0.273. The molecule has 2 aromatic rings. The lowest BCUT2D eigenvalue weighted by Gasteiger charge is -2.09. The van der Waals surface area contributed by atoms with Gasteiger partial charge in [0, 0.05) is 24.0 Å². The fourth-order valence-corrected chi connectivity index (χ4v) is 2.15. The smallest absolute Gasteiger partial charge is 0.200 e. The molecule has 0 radical (unpaired) electrons. The Balaban J connectivity index is 2.06. The molecule has 2 rings (SSSR count). The SMILES string of the molecule is O=S(=O)([O-])CC(O)C[n+]1ccc(-c2ncccn2)cn1. The molecule has 1 atom stereocenters. The molecule has 0 bridgehead atoms. The number of aliphatic hydroxyl groups excluding tert-OH is 1. The number of aliphatic hydroxyl groups is 1. The number of nitrogens with zero attached hydrogens (tertiary/aromatic N) is 4. The maximum Gasteiger partial charge on any atom is 0.200 e. The van der Waals surface area contributed by atoms with E-state index in [1.807, 2.05) is 0 Å². The number of hydrogen-bond donors (Lipinski definition) is 1. The van der Waals surface area contributed by atoms with Crippen LogP contribution in [0.25, 0.3) is 11.4 Å². The van der Waals surface area contributed by atoms with Crippen molar-refractivity contribution in [3.8, 4) is 11.4 Å². The molecule has 106 valence electrons. The molecule has 0 aliphatic rings. The minimum absolute atomic E-state index is 0.0859. The minimum atomic E-state index is -4.46. The largest absolute Gasteiger partial charge is 0.748 e. The van der Waals surface area contributed by atoms with Crippen LogP contribution in [0.4, 0.5) is 0 Å². The third kappa shape index (κ3) is 4.30. The third-order valence-corrected chi connectivity index (χ3v) is 3.18. The van der Waals surface area contributed by atoms with E-state index in [9.17, 15) is 18.1 Å². The number of aromatic nitrogens is 4. The van der Waals surface area contributed by atoms with Crippen LogP contribution in [0.15, 0.2) is 36.9 Å². The Morgan fingerprint density at radius 2 is 2.05 bits per heavy atom. The fourth-order valence-electron chi connectivity index (χ4n) is 1.58. The normalized spacial score (nSPS) is 13.1. The van der Waals surface area contributed by atoms with Crippen LogP contribution in [0.3, 0.4) is 0 Å². The molecule has 0 saturated carbocycles. The van der Waals surface area contributed by atoms with Crippen molar-refractivity contribution < 1.29 is 22.8 Å². The van der Waals surface area contributed by atoms with Crippen LogP contribution < -0.4 is 4.68 Å². The predicted octanol–water partition coefficient (Wildman–Crippen LogP) is -1.27. The summed E-state index contributed by atoms with van der Waals surface area (Å²) in [5.41, 5.74) is 0.688. The van der Waals surface area contributed by atoms with E-state index in [-0.39, 0.29) is 6.54 Å². The van der Waals surface area contributed by atoms with Gasteiger partial charge in [-0.05, 0) is 11.2 Å². The van der Waals surface area contributed by atoms with E-state index in [4.69, 9.17) is 0 Å². The van der Waals surface area contributed by atoms with E-state index >= 15 is 0 Å². The molecule has 1 unspecified atom stereocenters. The Kier molecular flexibility index (Phi) is 4.32. The molecule has 1 N–H and O–H groups in total. The van der Waals surface area contributed by atoms with Crippen LogP contribution in [-0.4, -0.2) is 45.0 Å². The summed E-state index contributed by atoms with van der Waals surface area (Å²) in [4.78, 5) is 8.12. The van der Waals surface area contributed by atoms with Crippen molar-refractivity contribution in [2.75, 3.05) is 5.75 Å². The Morgan fingerprint density at radius 1 is 1.35 bits per heavy atom. The Morgan fingerprint density at radius 3 is 2.60 bits per heavy atom. The molecule has 0 fully saturated rings. The molecule has 0 aliphatic carbocycles. The summed E-state index contributed by atoms with van der Waals surface area (Å²) in [5.74, 6) is -0.333. The molecule has 0 saturated heterocycles. The zero-order chi connectivity index (χ0) is 14.6. The quantitative estimate of drug-likeness (QED) is 0.539.